The van der Waals surface area contributed by atoms with Crippen molar-refractivity contribution in [1.82, 2.24) is 9.71 Å². The van der Waals surface area contributed by atoms with Gasteiger partial charge in [-0.1, -0.05) is 0 Å². The Labute approximate surface area is 123 Å². The minimum Gasteiger partial charge on any atom is -0.598 e. The van der Waals surface area contributed by atoms with Crippen LogP contribution in [0.15, 0.2) is 12.3 Å². The van der Waals surface area contributed by atoms with E-state index in [2.05, 4.69) is 9.71 Å². The Morgan fingerprint density at radius 2 is 2.15 bits per heavy atom. The Morgan fingerprint density at radius 3 is 2.70 bits per heavy atom. The smallest absolute Gasteiger partial charge is 0.144 e. The maximum absolute atomic E-state index is 13.3. The summed E-state index contributed by atoms with van der Waals surface area (Å²) in [5.74, 6) is -0.409. The van der Waals surface area contributed by atoms with Crippen molar-refractivity contribution in [3.63, 3.8) is 0 Å². The van der Waals surface area contributed by atoms with Crippen LogP contribution in [-0.2, 0) is 11.4 Å². The predicted octanol–water partition coefficient (Wildman–Crippen LogP) is 2.39. The van der Waals surface area contributed by atoms with Gasteiger partial charge in [-0.2, -0.15) is 0 Å². The molecule has 0 aliphatic heterocycles. The molecule has 1 aromatic rings. The van der Waals surface area contributed by atoms with Crippen molar-refractivity contribution in [3.05, 3.63) is 29.3 Å². The van der Waals surface area contributed by atoms with Crippen LogP contribution < -0.4 is 4.72 Å². The first-order valence-corrected chi connectivity index (χ1v) is 7.82. The summed E-state index contributed by atoms with van der Waals surface area (Å²) >= 11 is -1.11. The number of aryl methyl sites for hydroxylation is 1. The van der Waals surface area contributed by atoms with E-state index in [0.29, 0.717) is 30.6 Å². The van der Waals surface area contributed by atoms with Gasteiger partial charge in [0.2, 0.25) is 0 Å². The van der Waals surface area contributed by atoms with E-state index in [0.717, 1.165) is 0 Å². The minimum absolute atomic E-state index is 0.303. The van der Waals surface area contributed by atoms with Gasteiger partial charge in [0.1, 0.15) is 10.6 Å². The number of hydrogen-bond acceptors (Lipinski definition) is 4. The third kappa shape index (κ3) is 5.36. The van der Waals surface area contributed by atoms with Gasteiger partial charge < -0.3 is 9.66 Å². The van der Waals surface area contributed by atoms with E-state index in [4.69, 9.17) is 0 Å². The van der Waals surface area contributed by atoms with E-state index < -0.39 is 23.3 Å². The van der Waals surface area contributed by atoms with Gasteiger partial charge >= 0.3 is 0 Å². The van der Waals surface area contributed by atoms with Crippen molar-refractivity contribution in [3.8, 4) is 0 Å². The van der Waals surface area contributed by atoms with Crippen molar-refractivity contribution in [1.29, 1.82) is 0 Å². The summed E-state index contributed by atoms with van der Waals surface area (Å²) < 4.78 is 27.7. The Morgan fingerprint density at radius 1 is 1.50 bits per heavy atom. The number of rotatable bonds is 6. The van der Waals surface area contributed by atoms with Gasteiger partial charge in [-0.25, -0.2) is 4.39 Å². The highest BCUT2D eigenvalue weighted by atomic mass is 32.2. The second kappa shape index (κ2) is 7.36. The van der Waals surface area contributed by atoms with Crippen molar-refractivity contribution in [2.75, 3.05) is 6.54 Å². The molecule has 4 nitrogen and oxygen atoms in total. The maximum atomic E-state index is 13.3. The Hall–Kier alpha value is -0.690. The first-order chi connectivity index (χ1) is 9.21. The second-order valence-corrected chi connectivity index (χ2v) is 7.82. The molecule has 20 heavy (non-hydrogen) atoms. The molecule has 0 saturated carbocycles. The van der Waals surface area contributed by atoms with Crippen LogP contribution in [0, 0.1) is 12.7 Å². The predicted molar refractivity (Wildman–Crippen MR) is 79.0 cm³/mol. The van der Waals surface area contributed by atoms with Crippen molar-refractivity contribution < 1.29 is 14.0 Å². The van der Waals surface area contributed by atoms with E-state index in [1.807, 2.05) is 20.8 Å². The number of aromatic nitrogens is 1. The molecule has 114 valence electrons. The Balaban J connectivity index is 2.37. The van der Waals surface area contributed by atoms with E-state index in [1.165, 1.54) is 12.3 Å². The number of aliphatic hydroxyl groups excluding tert-OH is 1. The van der Waals surface area contributed by atoms with E-state index >= 15 is 0 Å². The summed E-state index contributed by atoms with van der Waals surface area (Å²) in [6.07, 6.45) is 1.86. The summed E-state index contributed by atoms with van der Waals surface area (Å²) in [5, 5.41) is 9.95. The monoisotopic (exact) mass is 302 g/mol. The van der Waals surface area contributed by atoms with E-state index in [9.17, 15) is 14.0 Å². The first kappa shape index (κ1) is 17.4. The van der Waals surface area contributed by atoms with Crippen LogP contribution >= 0.6 is 0 Å². The van der Waals surface area contributed by atoms with Crippen LogP contribution in [0.25, 0.3) is 0 Å². The van der Waals surface area contributed by atoms with Gasteiger partial charge in [-0.3, -0.25) is 4.98 Å². The van der Waals surface area contributed by atoms with Gasteiger partial charge in [-0.05, 0) is 46.6 Å². The highest BCUT2D eigenvalue weighted by Gasteiger charge is 2.25. The molecular weight excluding hydrogens is 279 g/mol. The number of nitrogens with zero attached hydrogens (tertiary/aromatic N) is 1. The fourth-order valence-corrected chi connectivity index (χ4v) is 2.31. The van der Waals surface area contributed by atoms with Gasteiger partial charge in [0.05, 0.1) is 11.8 Å². The topological polar surface area (TPSA) is 68.2 Å². The Kier molecular flexibility index (Phi) is 6.39. The molecule has 0 aliphatic rings. The molecule has 2 atom stereocenters. The van der Waals surface area contributed by atoms with Gasteiger partial charge in [-0.15, -0.1) is 4.72 Å². The molecule has 2 N–H and O–H groups in total. The average molecular weight is 302 g/mol. The lowest BCUT2D eigenvalue weighted by atomic mass is 10.1. The van der Waals surface area contributed by atoms with Crippen LogP contribution in [0.3, 0.4) is 0 Å². The second-order valence-electron chi connectivity index (χ2n) is 5.77. The molecule has 0 bridgehead atoms. The maximum Gasteiger partial charge on any atom is 0.144 e. The van der Waals surface area contributed by atoms with Crippen molar-refractivity contribution in [2.24, 2.45) is 0 Å². The highest BCUT2D eigenvalue weighted by Crippen LogP contribution is 2.19. The standard InChI is InChI=1S/C14H23FN2O2S/c1-10-12(15)8-11(9-16-10)13(18)6-5-7-17-20(19)14(2,3)4/h8-9,13,17-18H,5-7H2,1-4H3/t13-,20?/m0/s1. The number of aliphatic hydroxyl groups is 1. The summed E-state index contributed by atoms with van der Waals surface area (Å²) in [6, 6.07) is 1.31. The molecule has 0 amide bonds. The number of halogens is 1. The fourth-order valence-electron chi connectivity index (χ4n) is 1.55. The normalized spacial score (nSPS) is 15.2. The lowest BCUT2D eigenvalue weighted by Gasteiger charge is -2.23. The van der Waals surface area contributed by atoms with Crippen LogP contribution in [0.1, 0.15) is 51.0 Å². The lowest BCUT2D eigenvalue weighted by molar-refractivity contribution is 0.164. The van der Waals surface area contributed by atoms with E-state index in [-0.39, 0.29) is 4.75 Å². The molecule has 1 rings (SSSR count). The van der Waals surface area contributed by atoms with Gasteiger partial charge in [0.15, 0.2) is 0 Å². The SMILES string of the molecule is Cc1ncc([C@@H](O)CCCN[S+]([O-])C(C)(C)C)cc1F. The Bertz CT molecular complexity index is 438. The molecule has 1 heterocycles. The zero-order chi connectivity index (χ0) is 15.3. The molecule has 0 aromatic carbocycles. The van der Waals surface area contributed by atoms with Gasteiger partial charge in [0.25, 0.3) is 0 Å². The molecule has 1 unspecified atom stereocenters. The fraction of sp³-hybridized carbons (Fsp3) is 0.643. The summed E-state index contributed by atoms with van der Waals surface area (Å²) in [7, 11) is 0. The zero-order valence-corrected chi connectivity index (χ0v) is 13.3. The molecule has 0 aliphatic carbocycles. The molecule has 6 heteroatoms. The number of pyridine rings is 1. The van der Waals surface area contributed by atoms with Crippen molar-refractivity contribution in [2.45, 2.75) is 51.4 Å². The van der Waals surface area contributed by atoms with E-state index in [1.54, 1.807) is 6.92 Å². The van der Waals surface area contributed by atoms with Gasteiger partial charge in [0, 0.05) is 29.7 Å². The molecule has 0 spiro atoms. The zero-order valence-electron chi connectivity index (χ0n) is 12.4. The molecular formula is C14H23FN2O2S. The van der Waals surface area contributed by atoms with Crippen LogP contribution in [0.2, 0.25) is 0 Å². The third-order valence-corrected chi connectivity index (χ3v) is 4.45. The third-order valence-electron chi connectivity index (χ3n) is 2.87. The van der Waals surface area contributed by atoms with Crippen molar-refractivity contribution >= 4 is 11.4 Å². The minimum atomic E-state index is -1.11. The molecule has 0 saturated heterocycles. The van der Waals surface area contributed by atoms with Crippen LogP contribution in [-0.4, -0.2) is 25.9 Å². The molecule has 1 aromatic heterocycles. The average Bonchev–Trinajstić information content (AvgIpc) is 2.36. The van der Waals surface area contributed by atoms with Crippen LogP contribution in [0.4, 0.5) is 4.39 Å². The molecule has 0 radical (unpaired) electrons. The summed E-state index contributed by atoms with van der Waals surface area (Å²) in [6.45, 7) is 7.81. The highest BCUT2D eigenvalue weighted by molar-refractivity contribution is 7.90. The first-order valence-electron chi connectivity index (χ1n) is 6.67. The lowest BCUT2D eigenvalue weighted by Crippen LogP contribution is -2.39. The quantitative estimate of drug-likeness (QED) is 0.625. The largest absolute Gasteiger partial charge is 0.598 e. The number of nitrogens with one attached hydrogen (secondary N) is 1. The van der Waals surface area contributed by atoms with Crippen LogP contribution in [0.5, 0.6) is 0 Å². The molecule has 0 fully saturated rings. The summed E-state index contributed by atoms with van der Waals surface area (Å²) in [4.78, 5) is 3.89. The number of hydrogen-bond donors (Lipinski definition) is 2. The summed E-state index contributed by atoms with van der Waals surface area (Å²) in [5.41, 5.74) is 0.799.